The zero-order valence-corrected chi connectivity index (χ0v) is 14.9. The first-order valence-corrected chi connectivity index (χ1v) is 9.23. The van der Waals surface area contributed by atoms with E-state index in [0.717, 1.165) is 37.0 Å². The number of fused-ring (bicyclic) bond motifs is 3. The van der Waals surface area contributed by atoms with Gasteiger partial charge in [-0.05, 0) is 48.9 Å². The van der Waals surface area contributed by atoms with Gasteiger partial charge in [-0.15, -0.1) is 11.3 Å². The summed E-state index contributed by atoms with van der Waals surface area (Å²) < 4.78 is 27.6. The number of thiophene rings is 1. The minimum Gasteiger partial charge on any atom is -0.292 e. The Balaban J connectivity index is 1.71. The van der Waals surface area contributed by atoms with E-state index in [-0.39, 0.29) is 17.7 Å². The second-order valence-corrected chi connectivity index (χ2v) is 7.85. The van der Waals surface area contributed by atoms with E-state index in [1.807, 2.05) is 0 Å². The van der Waals surface area contributed by atoms with Crippen LogP contribution in [0.5, 0.6) is 0 Å². The third kappa shape index (κ3) is 2.86. The van der Waals surface area contributed by atoms with Crippen molar-refractivity contribution in [1.29, 1.82) is 0 Å². The van der Waals surface area contributed by atoms with Gasteiger partial charge in [-0.25, -0.2) is 13.8 Å². The molecule has 2 heterocycles. The molecule has 7 heteroatoms. The van der Waals surface area contributed by atoms with Gasteiger partial charge in [-0.2, -0.15) is 0 Å². The third-order valence-electron chi connectivity index (χ3n) is 4.84. The molecule has 4 rings (SSSR count). The first-order chi connectivity index (χ1) is 12.4. The first-order valence-electron chi connectivity index (χ1n) is 8.42. The summed E-state index contributed by atoms with van der Waals surface area (Å²) in [5.41, 5.74) is 0.824. The van der Waals surface area contributed by atoms with Crippen LogP contribution in [0, 0.1) is 17.6 Å². The maximum Gasteiger partial charge on any atom is 0.262 e. The van der Waals surface area contributed by atoms with Crippen molar-refractivity contribution in [3.8, 4) is 0 Å². The zero-order chi connectivity index (χ0) is 18.4. The standard InChI is InChI=1S/C19H16F2N2O2S/c1-10-2-4-12-16(6-10)26-18-17(12)19(25)23(9-22-18)8-15(24)11-3-5-13(20)14(21)7-11/h3,5,7,9-10H,2,4,6,8H2,1H3/t10-/m0/s1. The van der Waals surface area contributed by atoms with Crippen molar-refractivity contribution in [2.24, 2.45) is 5.92 Å². The molecule has 0 radical (unpaired) electrons. The number of hydrogen-bond donors (Lipinski definition) is 0. The Morgan fingerprint density at radius 1 is 1.35 bits per heavy atom. The lowest BCUT2D eigenvalue weighted by molar-refractivity contribution is 0.0970. The maximum absolute atomic E-state index is 13.3. The summed E-state index contributed by atoms with van der Waals surface area (Å²) in [6.07, 6.45) is 4.17. The highest BCUT2D eigenvalue weighted by molar-refractivity contribution is 7.18. The fourth-order valence-corrected chi connectivity index (χ4v) is 4.74. The summed E-state index contributed by atoms with van der Waals surface area (Å²) in [7, 11) is 0. The quantitative estimate of drug-likeness (QED) is 0.656. The largest absolute Gasteiger partial charge is 0.292 e. The lowest BCUT2D eigenvalue weighted by Crippen LogP contribution is -2.25. The molecule has 0 amide bonds. The smallest absolute Gasteiger partial charge is 0.262 e. The van der Waals surface area contributed by atoms with Crippen LogP contribution in [0.3, 0.4) is 0 Å². The van der Waals surface area contributed by atoms with E-state index in [9.17, 15) is 18.4 Å². The molecule has 0 aliphatic heterocycles. The van der Waals surface area contributed by atoms with Crippen LogP contribution in [0.15, 0.2) is 29.3 Å². The van der Waals surface area contributed by atoms with Gasteiger partial charge in [-0.3, -0.25) is 14.2 Å². The van der Waals surface area contributed by atoms with Crippen LogP contribution in [0.25, 0.3) is 10.2 Å². The van der Waals surface area contributed by atoms with Gasteiger partial charge in [0, 0.05) is 10.4 Å². The molecule has 2 aromatic heterocycles. The van der Waals surface area contributed by atoms with Gasteiger partial charge in [0.15, 0.2) is 17.4 Å². The van der Waals surface area contributed by atoms with Crippen LogP contribution >= 0.6 is 11.3 Å². The molecule has 26 heavy (non-hydrogen) atoms. The summed E-state index contributed by atoms with van der Waals surface area (Å²) in [5, 5.41) is 0.595. The van der Waals surface area contributed by atoms with E-state index >= 15 is 0 Å². The Morgan fingerprint density at radius 3 is 2.92 bits per heavy atom. The molecule has 4 nitrogen and oxygen atoms in total. The van der Waals surface area contributed by atoms with Crippen molar-refractivity contribution in [3.05, 3.63) is 62.5 Å². The number of nitrogens with zero attached hydrogens (tertiary/aromatic N) is 2. The first kappa shape index (κ1) is 17.0. The lowest BCUT2D eigenvalue weighted by Gasteiger charge is -2.17. The average Bonchev–Trinajstić information content (AvgIpc) is 2.97. The normalized spacial score (nSPS) is 16.7. The maximum atomic E-state index is 13.3. The molecule has 1 aliphatic carbocycles. The molecule has 1 aromatic carbocycles. The molecule has 0 saturated heterocycles. The number of aryl methyl sites for hydroxylation is 1. The Labute approximate surface area is 152 Å². The van der Waals surface area contributed by atoms with Crippen LogP contribution in [0.4, 0.5) is 8.78 Å². The lowest BCUT2D eigenvalue weighted by atomic mass is 9.89. The van der Waals surface area contributed by atoms with Crippen molar-refractivity contribution in [2.75, 3.05) is 0 Å². The monoisotopic (exact) mass is 374 g/mol. The zero-order valence-electron chi connectivity index (χ0n) is 14.1. The Kier molecular flexibility index (Phi) is 4.19. The Hall–Kier alpha value is -2.41. The van der Waals surface area contributed by atoms with E-state index < -0.39 is 17.4 Å². The number of aromatic nitrogens is 2. The number of hydrogen-bond acceptors (Lipinski definition) is 4. The number of benzene rings is 1. The van der Waals surface area contributed by atoms with Gasteiger partial charge in [0.2, 0.25) is 0 Å². The summed E-state index contributed by atoms with van der Waals surface area (Å²) in [6.45, 7) is 1.94. The van der Waals surface area contributed by atoms with Gasteiger partial charge < -0.3 is 0 Å². The third-order valence-corrected chi connectivity index (χ3v) is 6.00. The van der Waals surface area contributed by atoms with Crippen LogP contribution in [-0.2, 0) is 19.4 Å². The van der Waals surface area contributed by atoms with Crippen LogP contribution in [0.2, 0.25) is 0 Å². The van der Waals surface area contributed by atoms with E-state index in [4.69, 9.17) is 0 Å². The molecule has 3 aromatic rings. The second-order valence-electron chi connectivity index (χ2n) is 6.76. The van der Waals surface area contributed by atoms with Crippen molar-refractivity contribution in [2.45, 2.75) is 32.7 Å². The van der Waals surface area contributed by atoms with Gasteiger partial charge in [0.1, 0.15) is 4.83 Å². The Morgan fingerprint density at radius 2 is 2.15 bits per heavy atom. The molecule has 1 atom stereocenters. The molecule has 0 unspecified atom stereocenters. The van der Waals surface area contributed by atoms with Crippen LogP contribution in [0.1, 0.15) is 34.1 Å². The van der Waals surface area contributed by atoms with Crippen molar-refractivity contribution >= 4 is 27.3 Å². The van der Waals surface area contributed by atoms with Gasteiger partial charge in [-0.1, -0.05) is 6.92 Å². The van der Waals surface area contributed by atoms with E-state index in [1.54, 1.807) is 11.3 Å². The summed E-state index contributed by atoms with van der Waals surface area (Å²) in [4.78, 5) is 31.5. The van der Waals surface area contributed by atoms with E-state index in [0.29, 0.717) is 16.1 Å². The highest BCUT2D eigenvalue weighted by Gasteiger charge is 2.23. The van der Waals surface area contributed by atoms with E-state index in [2.05, 4.69) is 11.9 Å². The summed E-state index contributed by atoms with van der Waals surface area (Å²) in [6, 6.07) is 2.97. The highest BCUT2D eigenvalue weighted by Crippen LogP contribution is 2.35. The molecule has 0 spiro atoms. The fourth-order valence-electron chi connectivity index (χ4n) is 3.39. The SMILES string of the molecule is C[C@H]1CCc2c(sc3ncn(CC(=O)c4ccc(F)c(F)c4)c(=O)c23)C1. The number of carbonyl (C=O) groups excluding carboxylic acids is 1. The highest BCUT2D eigenvalue weighted by atomic mass is 32.1. The van der Waals surface area contributed by atoms with E-state index in [1.165, 1.54) is 21.8 Å². The molecule has 0 fully saturated rings. The summed E-state index contributed by atoms with van der Waals surface area (Å²) in [5.74, 6) is -1.98. The van der Waals surface area contributed by atoms with Crippen molar-refractivity contribution < 1.29 is 13.6 Å². The molecular formula is C19H16F2N2O2S. The van der Waals surface area contributed by atoms with Crippen molar-refractivity contribution in [1.82, 2.24) is 9.55 Å². The van der Waals surface area contributed by atoms with Crippen molar-refractivity contribution in [3.63, 3.8) is 0 Å². The topological polar surface area (TPSA) is 52.0 Å². The van der Waals surface area contributed by atoms with Gasteiger partial charge in [0.05, 0.1) is 18.3 Å². The van der Waals surface area contributed by atoms with Crippen LogP contribution < -0.4 is 5.56 Å². The van der Waals surface area contributed by atoms with Crippen LogP contribution in [-0.4, -0.2) is 15.3 Å². The second kappa shape index (κ2) is 6.39. The number of halogens is 2. The number of Topliss-reactive ketones (excluding diaryl/α,β-unsaturated/α-hetero) is 1. The minimum absolute atomic E-state index is 0.0251. The predicted molar refractivity (Wildman–Crippen MR) is 95.8 cm³/mol. The minimum atomic E-state index is -1.09. The molecule has 1 aliphatic rings. The molecule has 0 bridgehead atoms. The molecular weight excluding hydrogens is 358 g/mol. The molecule has 0 saturated carbocycles. The number of ketones is 1. The molecule has 0 N–H and O–H groups in total. The fraction of sp³-hybridized carbons (Fsp3) is 0.316. The van der Waals surface area contributed by atoms with Gasteiger partial charge in [0.25, 0.3) is 5.56 Å². The Bertz CT molecular complexity index is 1090. The molecule has 134 valence electrons. The summed E-state index contributed by atoms with van der Waals surface area (Å²) >= 11 is 1.54. The number of rotatable bonds is 3. The average molecular weight is 374 g/mol. The van der Waals surface area contributed by atoms with Gasteiger partial charge >= 0.3 is 0 Å². The number of carbonyl (C=O) groups is 1. The predicted octanol–water partition coefficient (Wildman–Crippen LogP) is 3.74.